The van der Waals surface area contributed by atoms with Crippen LogP contribution in [0.4, 0.5) is 11.4 Å². The van der Waals surface area contributed by atoms with Gasteiger partial charge < -0.3 is 14.8 Å². The van der Waals surface area contributed by atoms with Gasteiger partial charge in [0.1, 0.15) is 17.2 Å². The summed E-state index contributed by atoms with van der Waals surface area (Å²) in [7, 11) is 3.08. The number of para-hydroxylation sites is 2. The molecule has 0 aromatic heterocycles. The van der Waals surface area contributed by atoms with Crippen molar-refractivity contribution in [3.05, 3.63) is 64.2 Å². The first-order valence-electron chi connectivity index (χ1n) is 7.41. The van der Waals surface area contributed by atoms with Crippen LogP contribution in [-0.2, 0) is 4.79 Å². The summed E-state index contributed by atoms with van der Waals surface area (Å²) in [6, 6.07) is 11.2. The molecule has 7 nitrogen and oxygen atoms in total. The van der Waals surface area contributed by atoms with Crippen LogP contribution in [0.2, 0.25) is 0 Å². The molecule has 25 heavy (non-hydrogen) atoms. The molecule has 0 bridgehead atoms. The molecule has 0 saturated heterocycles. The summed E-state index contributed by atoms with van der Waals surface area (Å²) in [6.07, 6.45) is 1.36. The number of carbonyl (C=O) groups is 1. The van der Waals surface area contributed by atoms with E-state index in [1.807, 2.05) is 0 Å². The number of hydrogen-bond acceptors (Lipinski definition) is 5. The van der Waals surface area contributed by atoms with Crippen LogP contribution in [0.1, 0.15) is 12.5 Å². The van der Waals surface area contributed by atoms with Crippen LogP contribution in [0.25, 0.3) is 5.57 Å². The molecule has 0 unspecified atom stereocenters. The molecular weight excluding hydrogens is 324 g/mol. The first kappa shape index (κ1) is 18.0. The highest BCUT2D eigenvalue weighted by Crippen LogP contribution is 2.30. The minimum Gasteiger partial charge on any atom is -0.497 e. The fourth-order valence-corrected chi connectivity index (χ4v) is 2.31. The van der Waals surface area contributed by atoms with Gasteiger partial charge in [-0.05, 0) is 30.7 Å². The number of anilines is 1. The van der Waals surface area contributed by atoms with Crippen molar-refractivity contribution in [3.8, 4) is 11.5 Å². The Kier molecular flexibility index (Phi) is 5.73. The van der Waals surface area contributed by atoms with Crippen molar-refractivity contribution in [2.75, 3.05) is 19.5 Å². The van der Waals surface area contributed by atoms with Crippen molar-refractivity contribution in [1.29, 1.82) is 0 Å². The van der Waals surface area contributed by atoms with E-state index >= 15 is 0 Å². The number of benzene rings is 2. The van der Waals surface area contributed by atoms with Crippen molar-refractivity contribution in [1.82, 2.24) is 0 Å². The molecule has 0 heterocycles. The van der Waals surface area contributed by atoms with Gasteiger partial charge in [-0.3, -0.25) is 14.9 Å². The lowest BCUT2D eigenvalue weighted by atomic mass is 10.1. The van der Waals surface area contributed by atoms with Gasteiger partial charge in [-0.15, -0.1) is 0 Å². The SMILES string of the molecule is COc1ccc(/C(C)=C/C(=O)Nc2ccccc2[N+](=O)[O-])c(OC)c1. The van der Waals surface area contributed by atoms with Crippen LogP contribution in [-0.4, -0.2) is 25.1 Å². The van der Waals surface area contributed by atoms with E-state index in [-0.39, 0.29) is 11.4 Å². The summed E-state index contributed by atoms with van der Waals surface area (Å²) in [5.74, 6) is 0.731. The number of hydrogen-bond donors (Lipinski definition) is 1. The highest BCUT2D eigenvalue weighted by atomic mass is 16.6. The summed E-state index contributed by atoms with van der Waals surface area (Å²) in [5, 5.41) is 13.5. The second kappa shape index (κ2) is 7.96. The maximum atomic E-state index is 12.2. The third-order valence-electron chi connectivity index (χ3n) is 3.54. The number of nitrogens with zero attached hydrogens (tertiary/aromatic N) is 1. The maximum Gasteiger partial charge on any atom is 0.292 e. The predicted octanol–water partition coefficient (Wildman–Crippen LogP) is 3.65. The number of carbonyl (C=O) groups excluding carboxylic acids is 1. The Morgan fingerprint density at radius 3 is 2.52 bits per heavy atom. The Balaban J connectivity index is 2.26. The molecule has 0 fully saturated rings. The summed E-state index contributed by atoms with van der Waals surface area (Å²) < 4.78 is 10.5. The number of amides is 1. The molecule has 2 rings (SSSR count). The normalized spacial score (nSPS) is 10.9. The topological polar surface area (TPSA) is 90.7 Å². The molecule has 0 aliphatic rings. The van der Waals surface area contributed by atoms with Crippen LogP contribution in [0.15, 0.2) is 48.5 Å². The zero-order valence-electron chi connectivity index (χ0n) is 14.1. The second-order valence-electron chi connectivity index (χ2n) is 5.16. The molecule has 1 N–H and O–H groups in total. The Morgan fingerprint density at radius 1 is 1.16 bits per heavy atom. The van der Waals surface area contributed by atoms with Crippen LogP contribution >= 0.6 is 0 Å². The van der Waals surface area contributed by atoms with E-state index in [0.717, 1.165) is 5.56 Å². The number of nitro benzene ring substituents is 1. The van der Waals surface area contributed by atoms with Crippen LogP contribution in [0.3, 0.4) is 0 Å². The molecule has 1 amide bonds. The lowest BCUT2D eigenvalue weighted by molar-refractivity contribution is -0.383. The number of nitrogens with one attached hydrogen (secondary N) is 1. The zero-order valence-corrected chi connectivity index (χ0v) is 14.1. The highest BCUT2D eigenvalue weighted by molar-refractivity contribution is 6.05. The number of allylic oxidation sites excluding steroid dienone is 1. The Morgan fingerprint density at radius 2 is 1.88 bits per heavy atom. The minimum absolute atomic E-state index is 0.142. The smallest absolute Gasteiger partial charge is 0.292 e. The van der Waals surface area contributed by atoms with Gasteiger partial charge in [0.15, 0.2) is 0 Å². The quantitative estimate of drug-likeness (QED) is 0.491. The van der Waals surface area contributed by atoms with Crippen molar-refractivity contribution < 1.29 is 19.2 Å². The van der Waals surface area contributed by atoms with Crippen molar-refractivity contribution in [2.24, 2.45) is 0 Å². The van der Waals surface area contributed by atoms with Crippen molar-refractivity contribution in [3.63, 3.8) is 0 Å². The Bertz CT molecular complexity index is 830. The summed E-state index contributed by atoms with van der Waals surface area (Å²) in [6.45, 7) is 1.75. The molecular formula is C18H18N2O5. The molecule has 130 valence electrons. The van der Waals surface area contributed by atoms with E-state index in [4.69, 9.17) is 9.47 Å². The van der Waals surface area contributed by atoms with Gasteiger partial charge >= 0.3 is 0 Å². The fraction of sp³-hybridized carbons (Fsp3) is 0.167. The van der Waals surface area contributed by atoms with Gasteiger partial charge in [-0.1, -0.05) is 12.1 Å². The van der Waals surface area contributed by atoms with Crippen molar-refractivity contribution >= 4 is 22.9 Å². The number of ether oxygens (including phenoxy) is 2. The number of methoxy groups -OCH3 is 2. The van der Waals surface area contributed by atoms with Crippen LogP contribution in [0, 0.1) is 10.1 Å². The first-order valence-corrected chi connectivity index (χ1v) is 7.41. The van der Waals surface area contributed by atoms with Crippen LogP contribution < -0.4 is 14.8 Å². The highest BCUT2D eigenvalue weighted by Gasteiger charge is 2.14. The van der Waals surface area contributed by atoms with E-state index in [1.54, 1.807) is 38.3 Å². The molecule has 2 aromatic rings. The van der Waals surface area contributed by atoms with Crippen molar-refractivity contribution in [2.45, 2.75) is 6.92 Å². The molecule has 0 aliphatic carbocycles. The third kappa shape index (κ3) is 4.35. The standard InChI is InChI=1S/C18H18N2O5/c1-12(14-9-8-13(24-2)11-17(14)25-3)10-18(21)19-15-6-4-5-7-16(15)20(22)23/h4-11H,1-3H3,(H,19,21)/b12-10+. The maximum absolute atomic E-state index is 12.2. The van der Waals surface area contributed by atoms with Gasteiger partial charge in [0, 0.05) is 23.8 Å². The van der Waals surface area contributed by atoms with Gasteiger partial charge in [-0.2, -0.15) is 0 Å². The van der Waals surface area contributed by atoms with Crippen LogP contribution in [0.5, 0.6) is 11.5 Å². The molecule has 0 radical (unpaired) electrons. The molecule has 7 heteroatoms. The summed E-state index contributed by atoms with van der Waals surface area (Å²) in [5.41, 5.74) is 1.35. The fourth-order valence-electron chi connectivity index (χ4n) is 2.31. The first-order chi connectivity index (χ1) is 12.0. The third-order valence-corrected chi connectivity index (χ3v) is 3.54. The average Bonchev–Trinajstić information content (AvgIpc) is 2.61. The molecule has 0 atom stereocenters. The Hall–Kier alpha value is -3.35. The van der Waals surface area contributed by atoms with E-state index < -0.39 is 10.8 Å². The van der Waals surface area contributed by atoms with E-state index in [9.17, 15) is 14.9 Å². The zero-order chi connectivity index (χ0) is 18.4. The average molecular weight is 342 g/mol. The predicted molar refractivity (Wildman–Crippen MR) is 94.9 cm³/mol. The van der Waals surface area contributed by atoms with E-state index in [2.05, 4.69) is 5.32 Å². The van der Waals surface area contributed by atoms with E-state index in [1.165, 1.54) is 31.4 Å². The summed E-state index contributed by atoms with van der Waals surface area (Å²) in [4.78, 5) is 22.7. The Labute approximate surface area is 145 Å². The van der Waals surface area contributed by atoms with E-state index in [0.29, 0.717) is 17.1 Å². The summed E-state index contributed by atoms with van der Waals surface area (Å²) >= 11 is 0. The lowest BCUT2D eigenvalue weighted by Crippen LogP contribution is -2.10. The van der Waals surface area contributed by atoms with Gasteiger partial charge in [0.05, 0.1) is 19.1 Å². The molecule has 2 aromatic carbocycles. The van der Waals surface area contributed by atoms with Gasteiger partial charge in [0.2, 0.25) is 5.91 Å². The molecule has 0 spiro atoms. The van der Waals surface area contributed by atoms with Gasteiger partial charge in [0.25, 0.3) is 5.69 Å². The minimum atomic E-state index is -0.543. The number of nitro groups is 1. The second-order valence-corrected chi connectivity index (χ2v) is 5.16. The monoisotopic (exact) mass is 342 g/mol. The molecule has 0 aliphatic heterocycles. The van der Waals surface area contributed by atoms with Gasteiger partial charge in [-0.25, -0.2) is 0 Å². The number of rotatable bonds is 6. The molecule has 0 saturated carbocycles. The lowest BCUT2D eigenvalue weighted by Gasteiger charge is -2.11. The largest absolute Gasteiger partial charge is 0.497 e.